The fourth-order valence-electron chi connectivity index (χ4n) is 1.44. The summed E-state index contributed by atoms with van der Waals surface area (Å²) in [6, 6.07) is 15.5. The Kier molecular flexibility index (Phi) is 4.09. The number of para-hydroxylation sites is 1. The van der Waals surface area contributed by atoms with Crippen LogP contribution in [-0.2, 0) is 0 Å². The summed E-state index contributed by atoms with van der Waals surface area (Å²) >= 11 is 5.22. The van der Waals surface area contributed by atoms with E-state index in [0.717, 1.165) is 11.5 Å². The highest BCUT2D eigenvalue weighted by Crippen LogP contribution is 2.06. The molecule has 2 rings (SSSR count). The van der Waals surface area contributed by atoms with Gasteiger partial charge in [0.2, 0.25) is 0 Å². The molecule has 1 heterocycles. The third kappa shape index (κ3) is 3.43. The first kappa shape index (κ1) is 12.3. The van der Waals surface area contributed by atoms with Gasteiger partial charge in [-0.2, -0.15) is 0 Å². The lowest BCUT2D eigenvalue weighted by atomic mass is 10.3. The minimum Gasteiger partial charge on any atom is -0.331 e. The molecule has 4 nitrogen and oxygen atoms in total. The Morgan fingerprint density at radius 2 is 1.83 bits per heavy atom. The molecule has 0 atom stereocenters. The van der Waals surface area contributed by atoms with Gasteiger partial charge in [-0.3, -0.25) is 10.4 Å². The van der Waals surface area contributed by atoms with Crippen molar-refractivity contribution in [1.82, 2.24) is 10.4 Å². The van der Waals surface area contributed by atoms with Gasteiger partial charge in [-0.15, -0.1) is 0 Å². The van der Waals surface area contributed by atoms with E-state index in [9.17, 15) is 0 Å². The Bertz CT molecular complexity index is 501. The van der Waals surface area contributed by atoms with E-state index in [1.165, 1.54) is 0 Å². The summed E-state index contributed by atoms with van der Waals surface area (Å²) in [6.07, 6.45) is 1.74. The van der Waals surface area contributed by atoms with Crippen LogP contribution < -0.4 is 15.8 Å². The standard InChI is InChI=1S/C13H14N4S/c1-17(12-9-5-6-10-14-12)16-13(18)15-11-7-3-2-4-8-11/h2-10H,1H3,(H2,15,16,18). The van der Waals surface area contributed by atoms with Gasteiger partial charge in [0, 0.05) is 18.9 Å². The van der Waals surface area contributed by atoms with E-state index < -0.39 is 0 Å². The van der Waals surface area contributed by atoms with Gasteiger partial charge in [0.25, 0.3) is 0 Å². The quantitative estimate of drug-likeness (QED) is 0.653. The summed E-state index contributed by atoms with van der Waals surface area (Å²) in [6.45, 7) is 0. The highest BCUT2D eigenvalue weighted by molar-refractivity contribution is 7.80. The zero-order valence-corrected chi connectivity index (χ0v) is 10.8. The second-order valence-corrected chi connectivity index (χ2v) is 4.09. The van der Waals surface area contributed by atoms with Gasteiger partial charge >= 0.3 is 0 Å². The van der Waals surface area contributed by atoms with Crippen LogP contribution in [0.4, 0.5) is 11.5 Å². The third-order valence-corrected chi connectivity index (χ3v) is 2.49. The lowest BCUT2D eigenvalue weighted by molar-refractivity contribution is 0.865. The minimum absolute atomic E-state index is 0.523. The van der Waals surface area contributed by atoms with E-state index in [0.29, 0.717) is 5.11 Å². The van der Waals surface area contributed by atoms with Crippen molar-refractivity contribution in [2.75, 3.05) is 17.4 Å². The molecule has 2 N–H and O–H groups in total. The number of benzene rings is 1. The summed E-state index contributed by atoms with van der Waals surface area (Å²) in [5.41, 5.74) is 3.98. The van der Waals surface area contributed by atoms with E-state index in [2.05, 4.69) is 15.7 Å². The summed E-state index contributed by atoms with van der Waals surface area (Å²) in [5.74, 6) is 0.801. The molecule has 0 spiro atoms. The number of nitrogens with zero attached hydrogens (tertiary/aromatic N) is 2. The third-order valence-electron chi connectivity index (χ3n) is 2.29. The van der Waals surface area contributed by atoms with Crippen LogP contribution in [0.5, 0.6) is 0 Å². The number of pyridine rings is 1. The first-order valence-corrected chi connectivity index (χ1v) is 5.94. The number of aromatic nitrogens is 1. The molecule has 2 aromatic rings. The van der Waals surface area contributed by atoms with Crippen LogP contribution in [0.1, 0.15) is 0 Å². The average Bonchev–Trinajstić information content (AvgIpc) is 2.40. The number of hydrogen-bond acceptors (Lipinski definition) is 3. The molecule has 92 valence electrons. The maximum Gasteiger partial charge on any atom is 0.189 e. The number of thiocarbonyl (C=S) groups is 1. The average molecular weight is 258 g/mol. The lowest BCUT2D eigenvalue weighted by Gasteiger charge is -2.21. The van der Waals surface area contributed by atoms with Gasteiger partial charge in [0.05, 0.1) is 0 Å². The Balaban J connectivity index is 1.92. The summed E-state index contributed by atoms with van der Waals surface area (Å²) < 4.78 is 0. The van der Waals surface area contributed by atoms with Gasteiger partial charge in [0.1, 0.15) is 5.82 Å². The Morgan fingerprint density at radius 3 is 2.50 bits per heavy atom. The summed E-state index contributed by atoms with van der Waals surface area (Å²) in [7, 11) is 1.86. The topological polar surface area (TPSA) is 40.2 Å². The molecule has 1 aromatic heterocycles. The predicted molar refractivity (Wildman–Crippen MR) is 78.4 cm³/mol. The van der Waals surface area contributed by atoms with E-state index >= 15 is 0 Å². The number of anilines is 2. The fraction of sp³-hybridized carbons (Fsp3) is 0.0769. The first-order chi connectivity index (χ1) is 8.75. The minimum atomic E-state index is 0.523. The molecule has 0 saturated heterocycles. The highest BCUT2D eigenvalue weighted by atomic mass is 32.1. The lowest BCUT2D eigenvalue weighted by Crippen LogP contribution is -2.42. The van der Waals surface area contributed by atoms with Crippen molar-refractivity contribution in [3.05, 3.63) is 54.7 Å². The molecule has 0 aliphatic rings. The number of hydrogen-bond donors (Lipinski definition) is 2. The molecule has 0 aliphatic carbocycles. The van der Waals surface area contributed by atoms with Gasteiger partial charge in [0.15, 0.2) is 5.11 Å². The second kappa shape index (κ2) is 5.97. The zero-order valence-electron chi connectivity index (χ0n) is 10.00. The first-order valence-electron chi connectivity index (χ1n) is 5.53. The molecular formula is C13H14N4S. The molecule has 0 amide bonds. The van der Waals surface area contributed by atoms with Crippen LogP contribution in [0, 0.1) is 0 Å². The fourth-order valence-corrected chi connectivity index (χ4v) is 1.70. The second-order valence-electron chi connectivity index (χ2n) is 3.68. The van der Waals surface area contributed by atoms with Crippen LogP contribution in [0.3, 0.4) is 0 Å². The monoisotopic (exact) mass is 258 g/mol. The van der Waals surface area contributed by atoms with E-state index in [-0.39, 0.29) is 0 Å². The SMILES string of the molecule is CN(NC(=S)Nc1ccccc1)c1ccccn1. The van der Waals surface area contributed by atoms with Gasteiger partial charge in [-0.1, -0.05) is 24.3 Å². The number of nitrogens with one attached hydrogen (secondary N) is 2. The normalized spacial score (nSPS) is 9.61. The predicted octanol–water partition coefficient (Wildman–Crippen LogP) is 2.42. The molecule has 1 aromatic carbocycles. The molecular weight excluding hydrogens is 244 g/mol. The van der Waals surface area contributed by atoms with E-state index in [1.807, 2.05) is 55.6 Å². The van der Waals surface area contributed by atoms with Crippen molar-refractivity contribution in [2.45, 2.75) is 0 Å². The molecule has 0 radical (unpaired) electrons. The highest BCUT2D eigenvalue weighted by Gasteiger charge is 2.03. The van der Waals surface area contributed by atoms with Crippen LogP contribution in [0.2, 0.25) is 0 Å². The molecule has 0 saturated carbocycles. The van der Waals surface area contributed by atoms with Gasteiger partial charge in [-0.05, 0) is 36.5 Å². The smallest absolute Gasteiger partial charge is 0.189 e. The van der Waals surface area contributed by atoms with Crippen LogP contribution >= 0.6 is 12.2 Å². The molecule has 0 unspecified atom stereocenters. The molecule has 0 fully saturated rings. The number of rotatable bonds is 3. The van der Waals surface area contributed by atoms with Crippen LogP contribution in [0.25, 0.3) is 0 Å². The largest absolute Gasteiger partial charge is 0.331 e. The Hall–Kier alpha value is -2.14. The maximum atomic E-state index is 5.22. The van der Waals surface area contributed by atoms with Crippen molar-refractivity contribution in [3.8, 4) is 0 Å². The van der Waals surface area contributed by atoms with Crippen molar-refractivity contribution < 1.29 is 0 Å². The molecule has 5 heteroatoms. The van der Waals surface area contributed by atoms with Crippen molar-refractivity contribution in [3.63, 3.8) is 0 Å². The van der Waals surface area contributed by atoms with Gasteiger partial charge in [-0.25, -0.2) is 4.98 Å². The Labute approximate surface area is 112 Å². The summed E-state index contributed by atoms with van der Waals surface area (Å²) in [5, 5.41) is 5.38. The maximum absolute atomic E-state index is 5.22. The van der Waals surface area contributed by atoms with Crippen molar-refractivity contribution in [2.24, 2.45) is 0 Å². The molecule has 0 aliphatic heterocycles. The van der Waals surface area contributed by atoms with Crippen LogP contribution in [0.15, 0.2) is 54.7 Å². The van der Waals surface area contributed by atoms with Crippen molar-refractivity contribution in [1.29, 1.82) is 0 Å². The number of hydrazine groups is 1. The summed E-state index contributed by atoms with van der Waals surface area (Å²) in [4.78, 5) is 4.21. The molecule has 0 bridgehead atoms. The van der Waals surface area contributed by atoms with Crippen LogP contribution in [-0.4, -0.2) is 17.1 Å². The zero-order chi connectivity index (χ0) is 12.8. The Morgan fingerprint density at radius 1 is 1.11 bits per heavy atom. The van der Waals surface area contributed by atoms with E-state index in [1.54, 1.807) is 11.2 Å². The van der Waals surface area contributed by atoms with Gasteiger partial charge < -0.3 is 5.32 Å². The van der Waals surface area contributed by atoms with Crippen molar-refractivity contribution >= 4 is 28.8 Å². The van der Waals surface area contributed by atoms with E-state index in [4.69, 9.17) is 12.2 Å². The molecule has 18 heavy (non-hydrogen) atoms.